The molecule has 1 N–H and O–H groups in total. The molecule has 1 aromatic carbocycles. The van der Waals surface area contributed by atoms with Crippen LogP contribution in [-0.2, 0) is 11.2 Å². The van der Waals surface area contributed by atoms with Crippen molar-refractivity contribution < 1.29 is 4.79 Å². The summed E-state index contributed by atoms with van der Waals surface area (Å²) in [5, 5.41) is 2.96. The zero-order valence-electron chi connectivity index (χ0n) is 9.79. The van der Waals surface area contributed by atoms with E-state index in [-0.39, 0.29) is 11.3 Å². The van der Waals surface area contributed by atoms with E-state index < -0.39 is 0 Å². The second-order valence-electron chi connectivity index (χ2n) is 4.08. The summed E-state index contributed by atoms with van der Waals surface area (Å²) in [7, 11) is 0. The second-order valence-corrected chi connectivity index (χ2v) is 4.83. The van der Waals surface area contributed by atoms with Crippen molar-refractivity contribution in [3.63, 3.8) is 0 Å². The lowest BCUT2D eigenvalue weighted by Crippen LogP contribution is -2.27. The van der Waals surface area contributed by atoms with Gasteiger partial charge in [0.1, 0.15) is 0 Å². The Bertz CT molecular complexity index is 332. The molecule has 16 heavy (non-hydrogen) atoms. The molecule has 88 valence electrons. The van der Waals surface area contributed by atoms with Crippen LogP contribution >= 0.6 is 11.6 Å². The molecule has 0 aliphatic heterocycles. The van der Waals surface area contributed by atoms with E-state index in [2.05, 4.69) is 5.32 Å². The quantitative estimate of drug-likeness (QED) is 0.787. The fraction of sp³-hybridized carbons (Fsp3) is 0.462. The van der Waals surface area contributed by atoms with Crippen LogP contribution in [0.25, 0.3) is 0 Å². The summed E-state index contributed by atoms with van der Waals surface area (Å²) in [5.41, 5.74) is 2.25. The first-order chi connectivity index (χ1) is 7.58. The van der Waals surface area contributed by atoms with E-state index in [1.807, 2.05) is 38.1 Å². The number of aryl methyl sites for hydroxylation is 1. The lowest BCUT2D eigenvalue weighted by Gasteiger charge is -2.06. The van der Waals surface area contributed by atoms with Crippen molar-refractivity contribution in [2.24, 2.45) is 0 Å². The number of nitrogens with one attached hydrogen (secondary N) is 1. The molecule has 0 spiro atoms. The minimum absolute atomic E-state index is 0.0566. The number of hydrogen-bond donors (Lipinski definition) is 1. The van der Waals surface area contributed by atoms with E-state index in [4.69, 9.17) is 11.6 Å². The predicted molar refractivity (Wildman–Crippen MR) is 67.8 cm³/mol. The summed E-state index contributed by atoms with van der Waals surface area (Å²) in [6.45, 7) is 4.61. The van der Waals surface area contributed by atoms with E-state index in [1.165, 1.54) is 5.56 Å². The van der Waals surface area contributed by atoms with Crippen LogP contribution in [0.3, 0.4) is 0 Å². The van der Waals surface area contributed by atoms with Gasteiger partial charge in [-0.25, -0.2) is 0 Å². The molecular weight excluding hydrogens is 222 g/mol. The van der Waals surface area contributed by atoms with Gasteiger partial charge in [0.2, 0.25) is 5.91 Å². The number of benzene rings is 1. The van der Waals surface area contributed by atoms with E-state index in [0.717, 1.165) is 12.0 Å². The third-order valence-corrected chi connectivity index (χ3v) is 2.57. The minimum atomic E-state index is 0.0566. The molecule has 1 rings (SSSR count). The largest absolute Gasteiger partial charge is 0.356 e. The first-order valence-electron chi connectivity index (χ1n) is 5.54. The summed E-state index contributed by atoms with van der Waals surface area (Å²) in [6.07, 6.45) is 1.25. The maximum atomic E-state index is 11.5. The SMILES string of the molecule is Cc1ccc(CC(=O)NCCC(C)Cl)cc1. The van der Waals surface area contributed by atoms with Crippen molar-refractivity contribution in [2.45, 2.75) is 32.1 Å². The average molecular weight is 240 g/mol. The van der Waals surface area contributed by atoms with Crippen molar-refractivity contribution in [2.75, 3.05) is 6.54 Å². The molecule has 1 atom stereocenters. The van der Waals surface area contributed by atoms with Gasteiger partial charge in [-0.3, -0.25) is 4.79 Å². The number of carbonyl (C=O) groups is 1. The normalized spacial score (nSPS) is 12.2. The number of halogens is 1. The van der Waals surface area contributed by atoms with Crippen molar-refractivity contribution in [3.8, 4) is 0 Å². The zero-order valence-corrected chi connectivity index (χ0v) is 10.6. The first-order valence-corrected chi connectivity index (χ1v) is 5.98. The van der Waals surface area contributed by atoms with Crippen LogP contribution in [-0.4, -0.2) is 17.8 Å². The predicted octanol–water partition coefficient (Wildman–Crippen LogP) is 2.67. The molecule has 3 heteroatoms. The number of hydrogen-bond acceptors (Lipinski definition) is 1. The maximum absolute atomic E-state index is 11.5. The van der Waals surface area contributed by atoms with E-state index in [9.17, 15) is 4.79 Å². The summed E-state index contributed by atoms with van der Waals surface area (Å²) in [6, 6.07) is 8.01. The summed E-state index contributed by atoms with van der Waals surface area (Å²) >= 11 is 5.79. The molecule has 0 aromatic heterocycles. The molecule has 0 aliphatic rings. The van der Waals surface area contributed by atoms with Crippen LogP contribution in [0.4, 0.5) is 0 Å². The topological polar surface area (TPSA) is 29.1 Å². The molecule has 0 fully saturated rings. The van der Waals surface area contributed by atoms with Crippen LogP contribution < -0.4 is 5.32 Å². The van der Waals surface area contributed by atoms with Gasteiger partial charge in [0.15, 0.2) is 0 Å². The monoisotopic (exact) mass is 239 g/mol. The van der Waals surface area contributed by atoms with Gasteiger partial charge in [0.05, 0.1) is 6.42 Å². The molecule has 0 radical (unpaired) electrons. The van der Waals surface area contributed by atoms with Gasteiger partial charge in [-0.2, -0.15) is 0 Å². The molecule has 1 aromatic rings. The Morgan fingerprint density at radius 2 is 2.00 bits per heavy atom. The van der Waals surface area contributed by atoms with Crippen molar-refractivity contribution in [1.82, 2.24) is 5.32 Å². The summed E-state index contributed by atoms with van der Waals surface area (Å²) in [4.78, 5) is 11.5. The highest BCUT2D eigenvalue weighted by atomic mass is 35.5. The second kappa shape index (κ2) is 6.54. The van der Waals surface area contributed by atoms with Gasteiger partial charge in [0, 0.05) is 11.9 Å². The van der Waals surface area contributed by atoms with Crippen LogP contribution in [0, 0.1) is 6.92 Å². The maximum Gasteiger partial charge on any atom is 0.224 e. The molecule has 0 saturated carbocycles. The highest BCUT2D eigenvalue weighted by Crippen LogP contribution is 2.04. The van der Waals surface area contributed by atoms with Gasteiger partial charge in [-0.05, 0) is 25.8 Å². The lowest BCUT2D eigenvalue weighted by molar-refractivity contribution is -0.120. The van der Waals surface area contributed by atoms with Gasteiger partial charge >= 0.3 is 0 Å². The highest BCUT2D eigenvalue weighted by Gasteiger charge is 2.03. The van der Waals surface area contributed by atoms with E-state index >= 15 is 0 Å². The summed E-state index contributed by atoms with van der Waals surface area (Å²) < 4.78 is 0. The van der Waals surface area contributed by atoms with E-state index in [1.54, 1.807) is 0 Å². The van der Waals surface area contributed by atoms with Crippen molar-refractivity contribution in [3.05, 3.63) is 35.4 Å². The van der Waals surface area contributed by atoms with Gasteiger partial charge < -0.3 is 5.32 Å². The molecule has 0 heterocycles. The molecule has 1 unspecified atom stereocenters. The third-order valence-electron chi connectivity index (χ3n) is 2.35. The van der Waals surface area contributed by atoms with Crippen LogP contribution in [0.15, 0.2) is 24.3 Å². The Morgan fingerprint density at radius 1 is 1.38 bits per heavy atom. The van der Waals surface area contributed by atoms with Crippen molar-refractivity contribution in [1.29, 1.82) is 0 Å². The van der Waals surface area contributed by atoms with Crippen LogP contribution in [0.5, 0.6) is 0 Å². The minimum Gasteiger partial charge on any atom is -0.356 e. The fourth-order valence-electron chi connectivity index (χ4n) is 1.36. The number of alkyl halides is 1. The van der Waals surface area contributed by atoms with E-state index in [0.29, 0.717) is 13.0 Å². The zero-order chi connectivity index (χ0) is 12.0. The number of amides is 1. The Balaban J connectivity index is 2.31. The smallest absolute Gasteiger partial charge is 0.224 e. The average Bonchev–Trinajstić information content (AvgIpc) is 2.21. The summed E-state index contributed by atoms with van der Waals surface area (Å²) in [5.74, 6) is 0.0566. The Morgan fingerprint density at radius 3 is 2.56 bits per heavy atom. The van der Waals surface area contributed by atoms with Crippen molar-refractivity contribution >= 4 is 17.5 Å². The fourth-order valence-corrected chi connectivity index (χ4v) is 1.47. The highest BCUT2D eigenvalue weighted by molar-refractivity contribution is 6.20. The molecule has 0 bridgehead atoms. The van der Waals surface area contributed by atoms with Gasteiger partial charge in [-0.1, -0.05) is 29.8 Å². The number of carbonyl (C=O) groups excluding carboxylic acids is 1. The lowest BCUT2D eigenvalue weighted by atomic mass is 10.1. The van der Waals surface area contributed by atoms with Crippen LogP contribution in [0.1, 0.15) is 24.5 Å². The number of rotatable bonds is 5. The Hall–Kier alpha value is -1.02. The Labute approximate surface area is 102 Å². The molecule has 0 saturated heterocycles. The van der Waals surface area contributed by atoms with Gasteiger partial charge in [-0.15, -0.1) is 11.6 Å². The van der Waals surface area contributed by atoms with Crippen LogP contribution in [0.2, 0.25) is 0 Å². The molecule has 1 amide bonds. The Kier molecular flexibility index (Phi) is 5.33. The van der Waals surface area contributed by atoms with Gasteiger partial charge in [0.25, 0.3) is 0 Å². The molecular formula is C13H18ClNO. The third kappa shape index (κ3) is 5.17. The molecule has 2 nitrogen and oxygen atoms in total. The first kappa shape index (κ1) is 13.0. The molecule has 0 aliphatic carbocycles. The standard InChI is InChI=1S/C13H18ClNO/c1-10-3-5-12(6-4-10)9-13(16)15-8-7-11(2)14/h3-6,11H,7-9H2,1-2H3,(H,15,16).